The highest BCUT2D eigenvalue weighted by Crippen LogP contribution is 2.27. The standard InChI is InChI=1S/C18H21ClO2/c1-13(2)21-17-10-6-15(7-11-17)18(19)12-14-4-8-16(20-3)9-5-14/h4-11,13,18H,12H2,1-3H3. The van der Waals surface area contributed by atoms with Crippen molar-refractivity contribution in [3.63, 3.8) is 0 Å². The Balaban J connectivity index is 2.00. The van der Waals surface area contributed by atoms with Gasteiger partial charge in [-0.3, -0.25) is 0 Å². The number of methoxy groups -OCH3 is 1. The van der Waals surface area contributed by atoms with Gasteiger partial charge in [-0.05, 0) is 55.7 Å². The van der Waals surface area contributed by atoms with Crippen molar-refractivity contribution in [2.24, 2.45) is 0 Å². The lowest BCUT2D eigenvalue weighted by Gasteiger charge is -2.13. The molecule has 0 amide bonds. The molecule has 1 atom stereocenters. The molecule has 0 spiro atoms. The Hall–Kier alpha value is -1.67. The van der Waals surface area contributed by atoms with E-state index >= 15 is 0 Å². The SMILES string of the molecule is COc1ccc(CC(Cl)c2ccc(OC(C)C)cc2)cc1. The first kappa shape index (κ1) is 15.7. The summed E-state index contributed by atoms with van der Waals surface area (Å²) in [5, 5.41) is -0.0495. The molecule has 1 unspecified atom stereocenters. The van der Waals surface area contributed by atoms with Crippen molar-refractivity contribution in [3.05, 3.63) is 59.7 Å². The topological polar surface area (TPSA) is 18.5 Å². The number of hydrogen-bond donors (Lipinski definition) is 0. The normalized spacial score (nSPS) is 12.2. The van der Waals surface area contributed by atoms with Gasteiger partial charge < -0.3 is 9.47 Å². The van der Waals surface area contributed by atoms with Gasteiger partial charge in [-0.25, -0.2) is 0 Å². The molecule has 3 heteroatoms. The largest absolute Gasteiger partial charge is 0.497 e. The van der Waals surface area contributed by atoms with E-state index in [2.05, 4.69) is 0 Å². The molecule has 2 aromatic carbocycles. The number of alkyl halides is 1. The zero-order valence-corrected chi connectivity index (χ0v) is 13.4. The van der Waals surface area contributed by atoms with Gasteiger partial charge in [0.1, 0.15) is 11.5 Å². The Morgan fingerprint density at radius 3 is 2.00 bits per heavy atom. The first-order chi connectivity index (χ1) is 10.1. The second-order valence-electron chi connectivity index (χ2n) is 5.26. The summed E-state index contributed by atoms with van der Waals surface area (Å²) < 4.78 is 10.8. The fraction of sp³-hybridized carbons (Fsp3) is 0.333. The van der Waals surface area contributed by atoms with Gasteiger partial charge in [0.25, 0.3) is 0 Å². The second kappa shape index (κ2) is 7.37. The predicted octanol–water partition coefficient (Wildman–Crippen LogP) is 5.01. The third kappa shape index (κ3) is 4.68. The Bertz CT molecular complexity index is 546. The zero-order chi connectivity index (χ0) is 15.2. The lowest BCUT2D eigenvalue weighted by Crippen LogP contribution is -2.05. The molecular weight excluding hydrogens is 284 g/mol. The summed E-state index contributed by atoms with van der Waals surface area (Å²) in [7, 11) is 1.67. The van der Waals surface area contributed by atoms with Crippen LogP contribution in [-0.2, 0) is 6.42 Å². The summed E-state index contributed by atoms with van der Waals surface area (Å²) in [4.78, 5) is 0. The van der Waals surface area contributed by atoms with Crippen molar-refractivity contribution in [2.75, 3.05) is 7.11 Å². The van der Waals surface area contributed by atoms with Gasteiger partial charge in [-0.15, -0.1) is 11.6 Å². The van der Waals surface area contributed by atoms with Gasteiger partial charge in [0.15, 0.2) is 0 Å². The highest BCUT2D eigenvalue weighted by Gasteiger charge is 2.09. The molecule has 0 saturated carbocycles. The Kier molecular flexibility index (Phi) is 5.51. The molecule has 0 aliphatic heterocycles. The van der Waals surface area contributed by atoms with Crippen LogP contribution in [0.4, 0.5) is 0 Å². The number of rotatable bonds is 6. The number of ether oxygens (including phenoxy) is 2. The summed E-state index contributed by atoms with van der Waals surface area (Å²) in [6, 6.07) is 16.0. The third-order valence-electron chi connectivity index (χ3n) is 3.19. The highest BCUT2D eigenvalue weighted by atomic mass is 35.5. The van der Waals surface area contributed by atoms with Crippen molar-refractivity contribution < 1.29 is 9.47 Å². The molecule has 0 fully saturated rings. The molecule has 21 heavy (non-hydrogen) atoms. The van der Waals surface area contributed by atoms with Gasteiger partial charge in [0.05, 0.1) is 18.6 Å². The van der Waals surface area contributed by atoms with Crippen molar-refractivity contribution in [2.45, 2.75) is 31.7 Å². The lowest BCUT2D eigenvalue weighted by atomic mass is 10.0. The maximum Gasteiger partial charge on any atom is 0.119 e. The molecule has 0 heterocycles. The van der Waals surface area contributed by atoms with Gasteiger partial charge in [0.2, 0.25) is 0 Å². The summed E-state index contributed by atoms with van der Waals surface area (Å²) in [6.07, 6.45) is 0.970. The van der Waals surface area contributed by atoms with Crippen molar-refractivity contribution >= 4 is 11.6 Å². The minimum absolute atomic E-state index is 0.0495. The van der Waals surface area contributed by atoms with Gasteiger partial charge in [0, 0.05) is 0 Å². The lowest BCUT2D eigenvalue weighted by molar-refractivity contribution is 0.242. The van der Waals surface area contributed by atoms with E-state index in [1.54, 1.807) is 7.11 Å². The van der Waals surface area contributed by atoms with Crippen molar-refractivity contribution in [3.8, 4) is 11.5 Å². The molecule has 0 saturated heterocycles. The summed E-state index contributed by atoms with van der Waals surface area (Å²) in [5.74, 6) is 1.74. The molecule has 0 radical (unpaired) electrons. The Labute approximate surface area is 131 Å². The van der Waals surface area contributed by atoms with Gasteiger partial charge in [-0.2, -0.15) is 0 Å². The van der Waals surface area contributed by atoms with Crippen LogP contribution in [-0.4, -0.2) is 13.2 Å². The average molecular weight is 305 g/mol. The number of halogens is 1. The molecule has 2 rings (SSSR count). The van der Waals surface area contributed by atoms with Crippen LogP contribution in [0, 0.1) is 0 Å². The maximum atomic E-state index is 6.50. The first-order valence-corrected chi connectivity index (χ1v) is 7.55. The molecule has 0 aromatic heterocycles. The van der Waals surface area contributed by atoms with E-state index in [4.69, 9.17) is 21.1 Å². The average Bonchev–Trinajstić information content (AvgIpc) is 2.48. The van der Waals surface area contributed by atoms with E-state index in [1.807, 2.05) is 62.4 Å². The Morgan fingerprint density at radius 2 is 1.48 bits per heavy atom. The Morgan fingerprint density at radius 1 is 0.905 bits per heavy atom. The minimum Gasteiger partial charge on any atom is -0.497 e. The predicted molar refractivity (Wildman–Crippen MR) is 87.5 cm³/mol. The smallest absolute Gasteiger partial charge is 0.119 e. The highest BCUT2D eigenvalue weighted by molar-refractivity contribution is 6.20. The molecule has 0 bridgehead atoms. The fourth-order valence-electron chi connectivity index (χ4n) is 2.11. The monoisotopic (exact) mass is 304 g/mol. The molecule has 0 aliphatic carbocycles. The molecule has 0 aliphatic rings. The van der Waals surface area contributed by atoms with E-state index in [-0.39, 0.29) is 11.5 Å². The van der Waals surface area contributed by atoms with Crippen LogP contribution >= 0.6 is 11.6 Å². The van der Waals surface area contributed by atoms with Gasteiger partial charge in [-0.1, -0.05) is 24.3 Å². The first-order valence-electron chi connectivity index (χ1n) is 7.12. The summed E-state index contributed by atoms with van der Waals surface area (Å²) in [6.45, 7) is 4.03. The van der Waals surface area contributed by atoms with Crippen LogP contribution in [0.2, 0.25) is 0 Å². The number of hydrogen-bond acceptors (Lipinski definition) is 2. The van der Waals surface area contributed by atoms with E-state index in [9.17, 15) is 0 Å². The number of benzene rings is 2. The zero-order valence-electron chi connectivity index (χ0n) is 12.7. The quantitative estimate of drug-likeness (QED) is 0.699. The molecule has 112 valence electrons. The van der Waals surface area contributed by atoms with Crippen LogP contribution in [0.15, 0.2) is 48.5 Å². The third-order valence-corrected chi connectivity index (χ3v) is 3.59. The second-order valence-corrected chi connectivity index (χ2v) is 5.78. The summed E-state index contributed by atoms with van der Waals surface area (Å²) in [5.41, 5.74) is 2.29. The van der Waals surface area contributed by atoms with Crippen LogP contribution in [0.25, 0.3) is 0 Å². The molecule has 2 aromatic rings. The van der Waals surface area contributed by atoms with E-state index in [0.29, 0.717) is 0 Å². The molecular formula is C18H21ClO2. The van der Waals surface area contributed by atoms with Crippen molar-refractivity contribution in [1.82, 2.24) is 0 Å². The van der Waals surface area contributed by atoms with Crippen LogP contribution in [0.1, 0.15) is 30.4 Å². The fourth-order valence-corrected chi connectivity index (χ4v) is 2.44. The summed E-state index contributed by atoms with van der Waals surface area (Å²) >= 11 is 6.50. The van der Waals surface area contributed by atoms with E-state index < -0.39 is 0 Å². The van der Waals surface area contributed by atoms with E-state index in [1.165, 1.54) is 5.56 Å². The molecule has 2 nitrogen and oxygen atoms in total. The molecule has 0 N–H and O–H groups in total. The van der Waals surface area contributed by atoms with Gasteiger partial charge >= 0.3 is 0 Å². The van der Waals surface area contributed by atoms with Crippen molar-refractivity contribution in [1.29, 1.82) is 0 Å². The van der Waals surface area contributed by atoms with E-state index in [0.717, 1.165) is 23.5 Å². The van der Waals surface area contributed by atoms with Crippen LogP contribution in [0.3, 0.4) is 0 Å². The maximum absolute atomic E-state index is 6.50. The van der Waals surface area contributed by atoms with Crippen LogP contribution < -0.4 is 9.47 Å². The van der Waals surface area contributed by atoms with Crippen LogP contribution in [0.5, 0.6) is 11.5 Å². The minimum atomic E-state index is -0.0495.